The van der Waals surface area contributed by atoms with Crippen LogP contribution in [0.25, 0.3) is 0 Å². The molecule has 2 heterocycles. The molecule has 0 bridgehead atoms. The van der Waals surface area contributed by atoms with E-state index in [0.717, 1.165) is 11.1 Å². The van der Waals surface area contributed by atoms with Gasteiger partial charge in [-0.25, -0.2) is 0 Å². The lowest BCUT2D eigenvalue weighted by Gasteiger charge is -2.32. The van der Waals surface area contributed by atoms with Crippen LogP contribution in [0.4, 0.5) is 5.82 Å². The summed E-state index contributed by atoms with van der Waals surface area (Å²) in [5.74, 6) is -0.687. The third-order valence-electron chi connectivity index (χ3n) is 4.21. The van der Waals surface area contributed by atoms with Gasteiger partial charge in [-0.1, -0.05) is 18.2 Å². The van der Waals surface area contributed by atoms with Crippen molar-refractivity contribution in [3.63, 3.8) is 0 Å². The lowest BCUT2D eigenvalue weighted by atomic mass is 9.96. The number of aromatic nitrogens is 2. The zero-order valence-corrected chi connectivity index (χ0v) is 13.1. The van der Waals surface area contributed by atoms with Gasteiger partial charge in [-0.3, -0.25) is 9.59 Å². The van der Waals surface area contributed by atoms with Crippen LogP contribution < -0.4 is 5.73 Å². The van der Waals surface area contributed by atoms with Gasteiger partial charge in [0.25, 0.3) is 11.8 Å². The van der Waals surface area contributed by atoms with E-state index in [9.17, 15) is 9.59 Å². The second-order valence-electron chi connectivity index (χ2n) is 5.76. The van der Waals surface area contributed by atoms with Crippen LogP contribution in [0.3, 0.4) is 0 Å². The monoisotopic (exact) mass is 323 g/mol. The van der Waals surface area contributed by atoms with Crippen molar-refractivity contribution in [3.05, 3.63) is 47.7 Å². The molecule has 1 fully saturated rings. The topological polar surface area (TPSA) is 105 Å². The normalized spacial score (nSPS) is 17.3. The molecule has 122 valence electrons. The quantitative estimate of drug-likeness (QED) is 0.902. The summed E-state index contributed by atoms with van der Waals surface area (Å²) in [4.78, 5) is 26.9. The molecule has 1 amide bonds. The molecule has 1 aromatic heterocycles. The molecule has 0 saturated carbocycles. The zero-order valence-electron chi connectivity index (χ0n) is 13.1. The second-order valence-corrected chi connectivity index (χ2v) is 5.76. The highest BCUT2D eigenvalue weighted by molar-refractivity contribution is 5.95. The molecule has 1 atom stereocenters. The predicted molar refractivity (Wildman–Crippen MR) is 87.1 cm³/mol. The highest BCUT2D eigenvalue weighted by atomic mass is 16.2. The van der Waals surface area contributed by atoms with Crippen molar-refractivity contribution in [2.24, 2.45) is 5.92 Å². The van der Waals surface area contributed by atoms with Crippen LogP contribution in [0.5, 0.6) is 0 Å². The number of nitrogens with zero attached hydrogens (tertiary/aromatic N) is 4. The van der Waals surface area contributed by atoms with Gasteiger partial charge in [-0.2, -0.15) is 15.0 Å². The Balaban J connectivity index is 1.76. The van der Waals surface area contributed by atoms with Gasteiger partial charge >= 0.3 is 0 Å². The summed E-state index contributed by atoms with van der Waals surface area (Å²) in [7, 11) is 0. The van der Waals surface area contributed by atoms with Crippen LogP contribution in [0.2, 0.25) is 0 Å². The Morgan fingerprint density at radius 2 is 2.04 bits per heavy atom. The number of likely N-dealkylation sites (tertiary alicyclic amines) is 1. The molecule has 1 aromatic carbocycles. The number of hydrogen-bond acceptors (Lipinski definition) is 5. The smallest absolute Gasteiger partial charge is 0.253 e. The molecule has 24 heavy (non-hydrogen) atoms. The van der Waals surface area contributed by atoms with Crippen molar-refractivity contribution in [2.45, 2.75) is 12.8 Å². The van der Waals surface area contributed by atoms with Crippen molar-refractivity contribution >= 4 is 17.6 Å². The zero-order chi connectivity index (χ0) is 17.1. The first kappa shape index (κ1) is 15.7. The molecule has 7 heteroatoms. The summed E-state index contributed by atoms with van der Waals surface area (Å²) in [6.07, 6.45) is 2.68. The van der Waals surface area contributed by atoms with Crippen LogP contribution in [-0.4, -0.2) is 39.6 Å². The van der Waals surface area contributed by atoms with E-state index in [1.165, 1.54) is 6.20 Å². The highest BCUT2D eigenvalue weighted by Gasteiger charge is 2.31. The molecule has 0 unspecified atom stereocenters. The van der Waals surface area contributed by atoms with Crippen LogP contribution in [0.15, 0.2) is 36.5 Å². The van der Waals surface area contributed by atoms with Crippen LogP contribution >= 0.6 is 0 Å². The summed E-state index contributed by atoms with van der Waals surface area (Å²) in [6, 6.07) is 10.9. The van der Waals surface area contributed by atoms with Gasteiger partial charge in [0.05, 0.1) is 12.1 Å². The van der Waals surface area contributed by atoms with E-state index in [1.54, 1.807) is 17.0 Å². The second kappa shape index (κ2) is 6.54. The molecule has 3 rings (SSSR count). The Labute approximate surface area is 139 Å². The fraction of sp³-hybridized carbons (Fsp3) is 0.294. The number of piperidine rings is 1. The maximum absolute atomic E-state index is 12.6. The summed E-state index contributed by atoms with van der Waals surface area (Å²) < 4.78 is 1.07. The number of benzene rings is 1. The summed E-state index contributed by atoms with van der Waals surface area (Å²) in [5.41, 5.74) is 6.57. The lowest BCUT2D eigenvalue weighted by Crippen LogP contribution is -2.43. The Kier molecular flexibility index (Phi) is 4.29. The molecule has 0 radical (unpaired) electrons. The number of carbonyl (C=O) groups excluding carboxylic acids is 2. The molecule has 0 aliphatic carbocycles. The van der Waals surface area contributed by atoms with Gasteiger partial charge in [0.15, 0.2) is 0 Å². The molecule has 2 N–H and O–H groups in total. The van der Waals surface area contributed by atoms with E-state index in [0.29, 0.717) is 25.1 Å². The van der Waals surface area contributed by atoms with Crippen LogP contribution in [-0.2, 0) is 0 Å². The largest absolute Gasteiger partial charge is 0.382 e. The molecular weight excluding hydrogens is 306 g/mol. The first-order chi connectivity index (χ1) is 11.6. The lowest BCUT2D eigenvalue weighted by molar-refractivity contribution is 0.0600. The first-order valence-electron chi connectivity index (χ1n) is 7.74. The minimum atomic E-state index is -0.375. The molecule has 7 nitrogen and oxygen atoms in total. The fourth-order valence-corrected chi connectivity index (χ4v) is 2.92. The van der Waals surface area contributed by atoms with E-state index in [-0.39, 0.29) is 29.1 Å². The molecular formula is C17H17N5O2. The Morgan fingerprint density at radius 1 is 1.29 bits per heavy atom. The molecule has 2 aromatic rings. The number of anilines is 1. The number of nitrogens with two attached hydrogens (primary N) is 1. The average molecular weight is 323 g/mol. The van der Waals surface area contributed by atoms with E-state index in [4.69, 9.17) is 11.0 Å². The molecule has 0 spiro atoms. The van der Waals surface area contributed by atoms with Gasteiger partial charge < -0.3 is 10.6 Å². The van der Waals surface area contributed by atoms with Gasteiger partial charge in [0, 0.05) is 18.7 Å². The minimum absolute atomic E-state index is 0.0500. The van der Waals surface area contributed by atoms with Crippen molar-refractivity contribution < 1.29 is 9.59 Å². The maximum Gasteiger partial charge on any atom is 0.253 e. The molecule has 1 aliphatic heterocycles. The third-order valence-corrected chi connectivity index (χ3v) is 4.21. The fourth-order valence-electron chi connectivity index (χ4n) is 2.92. The van der Waals surface area contributed by atoms with E-state index >= 15 is 0 Å². The van der Waals surface area contributed by atoms with Gasteiger partial charge in [0.2, 0.25) is 0 Å². The Morgan fingerprint density at radius 3 is 2.71 bits per heavy atom. The molecule has 1 saturated heterocycles. The standard InChI is InChI=1S/C17H17N5O2/c18-9-14-10-20-22(15(14)19)17(24)13-7-4-8-21(11-13)16(23)12-5-2-1-3-6-12/h1-3,5-6,10,13H,4,7-8,11,19H2/t13-/m1/s1. The maximum atomic E-state index is 12.6. The number of carbonyl (C=O) groups is 2. The van der Waals surface area contributed by atoms with Crippen molar-refractivity contribution in [1.82, 2.24) is 14.7 Å². The number of nitriles is 1. The highest BCUT2D eigenvalue weighted by Crippen LogP contribution is 2.22. The number of rotatable bonds is 2. The summed E-state index contributed by atoms with van der Waals surface area (Å²) in [5, 5.41) is 12.8. The van der Waals surface area contributed by atoms with Crippen molar-refractivity contribution in [3.8, 4) is 6.07 Å². The number of hydrogen-bond donors (Lipinski definition) is 1. The Hall–Kier alpha value is -3.14. The third kappa shape index (κ3) is 2.86. The number of nitrogen functional groups attached to an aromatic ring is 1. The SMILES string of the molecule is N#Cc1cnn(C(=O)[C@@H]2CCCN(C(=O)c3ccccc3)C2)c1N. The Bertz CT molecular complexity index is 806. The molecule has 1 aliphatic rings. The predicted octanol–water partition coefficient (Wildman–Crippen LogP) is 1.53. The van der Waals surface area contributed by atoms with E-state index in [1.807, 2.05) is 24.3 Å². The average Bonchev–Trinajstić information content (AvgIpc) is 3.02. The first-order valence-corrected chi connectivity index (χ1v) is 7.74. The number of amides is 1. The summed E-state index contributed by atoms with van der Waals surface area (Å²) in [6.45, 7) is 0.948. The van der Waals surface area contributed by atoms with Gasteiger partial charge in [-0.15, -0.1) is 0 Å². The minimum Gasteiger partial charge on any atom is -0.382 e. The van der Waals surface area contributed by atoms with Crippen molar-refractivity contribution in [2.75, 3.05) is 18.8 Å². The van der Waals surface area contributed by atoms with E-state index < -0.39 is 0 Å². The van der Waals surface area contributed by atoms with E-state index in [2.05, 4.69) is 5.10 Å². The van der Waals surface area contributed by atoms with Crippen LogP contribution in [0, 0.1) is 17.2 Å². The van der Waals surface area contributed by atoms with Gasteiger partial charge in [-0.05, 0) is 25.0 Å². The van der Waals surface area contributed by atoms with Crippen molar-refractivity contribution in [1.29, 1.82) is 5.26 Å². The summed E-state index contributed by atoms with van der Waals surface area (Å²) >= 11 is 0. The van der Waals surface area contributed by atoms with Crippen LogP contribution in [0.1, 0.15) is 33.6 Å². The van der Waals surface area contributed by atoms with Gasteiger partial charge in [0.1, 0.15) is 17.5 Å².